The minimum Gasteiger partial charge on any atom is -0.355 e. The van der Waals surface area contributed by atoms with E-state index in [0.29, 0.717) is 5.92 Å². The number of nitrogens with one attached hydrogen (secondary N) is 2. The first-order valence-electron chi connectivity index (χ1n) is 6.47. The summed E-state index contributed by atoms with van der Waals surface area (Å²) in [5.41, 5.74) is 1.09. The first kappa shape index (κ1) is 12.2. The highest BCUT2D eigenvalue weighted by Crippen LogP contribution is 2.46. The van der Waals surface area contributed by atoms with Crippen molar-refractivity contribution in [3.05, 3.63) is 34.3 Å². The third-order valence-corrected chi connectivity index (χ3v) is 4.88. The summed E-state index contributed by atoms with van der Waals surface area (Å²) in [6.45, 7) is 2.67. The van der Waals surface area contributed by atoms with Gasteiger partial charge >= 0.3 is 0 Å². The number of piperidine rings is 1. The number of hydrogen-bond donors (Lipinski definition) is 2. The Labute approximate surface area is 115 Å². The first-order chi connectivity index (χ1) is 8.72. The van der Waals surface area contributed by atoms with Crippen molar-refractivity contribution in [3.8, 4) is 0 Å². The fourth-order valence-corrected chi connectivity index (χ4v) is 3.57. The molecule has 4 heteroatoms. The standard InChI is InChI=1S/C14H17BrN2O/c15-11-3-1-10(2-4-11)12-9-17-13(18)14(12)5-7-16-8-6-14/h1-4,12,16H,5-9H2,(H,17,18). The molecule has 2 heterocycles. The zero-order valence-electron chi connectivity index (χ0n) is 10.2. The molecule has 2 saturated heterocycles. The molecule has 3 rings (SSSR count). The summed E-state index contributed by atoms with van der Waals surface area (Å²) in [5, 5.41) is 6.41. The van der Waals surface area contributed by atoms with Crippen LogP contribution in [0.25, 0.3) is 0 Å². The first-order valence-corrected chi connectivity index (χ1v) is 7.26. The van der Waals surface area contributed by atoms with Gasteiger partial charge in [-0.15, -0.1) is 0 Å². The summed E-state index contributed by atoms with van der Waals surface area (Å²) in [7, 11) is 0. The average molecular weight is 309 g/mol. The molecule has 2 N–H and O–H groups in total. The second kappa shape index (κ2) is 4.67. The van der Waals surface area contributed by atoms with Gasteiger partial charge in [0.1, 0.15) is 0 Å². The van der Waals surface area contributed by atoms with E-state index >= 15 is 0 Å². The summed E-state index contributed by atoms with van der Waals surface area (Å²) >= 11 is 3.46. The zero-order chi connectivity index (χ0) is 12.6. The number of amides is 1. The van der Waals surface area contributed by atoms with Crippen LogP contribution in [0.15, 0.2) is 28.7 Å². The average Bonchev–Trinajstić information content (AvgIpc) is 2.70. The molecule has 1 spiro atoms. The summed E-state index contributed by atoms with van der Waals surface area (Å²) in [4.78, 5) is 12.3. The maximum Gasteiger partial charge on any atom is 0.227 e. The molecule has 1 atom stereocenters. The maximum atomic E-state index is 12.3. The molecule has 1 aromatic rings. The molecule has 96 valence electrons. The molecule has 0 saturated carbocycles. The van der Waals surface area contributed by atoms with Gasteiger partial charge in [-0.2, -0.15) is 0 Å². The minimum atomic E-state index is -0.181. The lowest BCUT2D eigenvalue weighted by Crippen LogP contribution is -2.44. The lowest BCUT2D eigenvalue weighted by atomic mass is 9.68. The van der Waals surface area contributed by atoms with Crippen molar-refractivity contribution in [1.29, 1.82) is 0 Å². The molecule has 3 nitrogen and oxygen atoms in total. The molecular formula is C14H17BrN2O. The molecule has 2 fully saturated rings. The molecule has 0 aromatic heterocycles. The lowest BCUT2D eigenvalue weighted by molar-refractivity contribution is -0.129. The van der Waals surface area contributed by atoms with Crippen molar-refractivity contribution in [2.45, 2.75) is 18.8 Å². The Balaban J connectivity index is 1.95. The van der Waals surface area contributed by atoms with E-state index < -0.39 is 0 Å². The van der Waals surface area contributed by atoms with Crippen molar-refractivity contribution >= 4 is 21.8 Å². The fraction of sp³-hybridized carbons (Fsp3) is 0.500. The van der Waals surface area contributed by atoms with E-state index in [4.69, 9.17) is 0 Å². The summed E-state index contributed by atoms with van der Waals surface area (Å²) in [6.07, 6.45) is 1.89. The Bertz CT molecular complexity index is 451. The quantitative estimate of drug-likeness (QED) is 0.833. The van der Waals surface area contributed by atoms with Crippen LogP contribution in [-0.4, -0.2) is 25.5 Å². The monoisotopic (exact) mass is 308 g/mol. The largest absolute Gasteiger partial charge is 0.355 e. The summed E-state index contributed by atoms with van der Waals surface area (Å²) < 4.78 is 1.09. The van der Waals surface area contributed by atoms with E-state index in [2.05, 4.69) is 50.8 Å². The van der Waals surface area contributed by atoms with Crippen LogP contribution < -0.4 is 10.6 Å². The third kappa shape index (κ3) is 1.88. The van der Waals surface area contributed by atoms with E-state index in [9.17, 15) is 4.79 Å². The predicted molar refractivity (Wildman–Crippen MR) is 74.4 cm³/mol. The number of carbonyl (C=O) groups excluding carboxylic acids is 1. The Morgan fingerprint density at radius 2 is 1.83 bits per heavy atom. The van der Waals surface area contributed by atoms with Crippen LogP contribution in [0.2, 0.25) is 0 Å². The van der Waals surface area contributed by atoms with Crippen LogP contribution >= 0.6 is 15.9 Å². The van der Waals surface area contributed by atoms with Crippen LogP contribution in [0, 0.1) is 5.41 Å². The molecule has 1 amide bonds. The number of hydrogen-bond acceptors (Lipinski definition) is 2. The van der Waals surface area contributed by atoms with Gasteiger partial charge in [0.2, 0.25) is 5.91 Å². The van der Waals surface area contributed by atoms with Crippen LogP contribution in [0.1, 0.15) is 24.3 Å². The summed E-state index contributed by atoms with van der Waals surface area (Å²) in [5.74, 6) is 0.567. The van der Waals surface area contributed by atoms with Crippen LogP contribution in [0.5, 0.6) is 0 Å². The van der Waals surface area contributed by atoms with Gasteiger partial charge in [-0.25, -0.2) is 0 Å². The highest BCUT2D eigenvalue weighted by Gasteiger charge is 2.50. The molecule has 0 bridgehead atoms. The number of rotatable bonds is 1. The van der Waals surface area contributed by atoms with Gasteiger partial charge < -0.3 is 10.6 Å². The maximum absolute atomic E-state index is 12.3. The SMILES string of the molecule is O=C1NCC(c2ccc(Br)cc2)C12CCNCC2. The Morgan fingerprint density at radius 3 is 2.50 bits per heavy atom. The van der Waals surface area contributed by atoms with E-state index in [1.54, 1.807) is 0 Å². The normalized spacial score (nSPS) is 26.3. The molecule has 18 heavy (non-hydrogen) atoms. The second-order valence-electron chi connectivity index (χ2n) is 5.22. The highest BCUT2D eigenvalue weighted by molar-refractivity contribution is 9.10. The van der Waals surface area contributed by atoms with Crippen molar-refractivity contribution < 1.29 is 4.79 Å². The molecule has 1 unspecified atom stereocenters. The smallest absolute Gasteiger partial charge is 0.227 e. The Morgan fingerprint density at radius 1 is 1.17 bits per heavy atom. The minimum absolute atomic E-state index is 0.181. The number of benzene rings is 1. The predicted octanol–water partition coefficient (Wildman–Crippen LogP) is 2.03. The van der Waals surface area contributed by atoms with Crippen molar-refractivity contribution in [2.75, 3.05) is 19.6 Å². The van der Waals surface area contributed by atoms with Gasteiger partial charge in [-0.05, 0) is 43.6 Å². The second-order valence-corrected chi connectivity index (χ2v) is 6.14. The molecule has 0 aliphatic carbocycles. The number of carbonyl (C=O) groups is 1. The van der Waals surface area contributed by atoms with Gasteiger partial charge in [0.25, 0.3) is 0 Å². The van der Waals surface area contributed by atoms with Gasteiger partial charge in [-0.3, -0.25) is 4.79 Å². The zero-order valence-corrected chi connectivity index (χ0v) is 11.8. The van der Waals surface area contributed by atoms with E-state index in [-0.39, 0.29) is 11.3 Å². The molecular weight excluding hydrogens is 292 g/mol. The van der Waals surface area contributed by atoms with Crippen LogP contribution in [0.3, 0.4) is 0 Å². The molecule has 0 radical (unpaired) electrons. The topological polar surface area (TPSA) is 41.1 Å². The Kier molecular flexibility index (Phi) is 3.16. The van der Waals surface area contributed by atoms with E-state index in [1.807, 2.05) is 0 Å². The van der Waals surface area contributed by atoms with E-state index in [1.165, 1.54) is 5.56 Å². The van der Waals surface area contributed by atoms with Gasteiger partial charge in [0, 0.05) is 16.9 Å². The molecule has 2 aliphatic heterocycles. The molecule has 1 aromatic carbocycles. The van der Waals surface area contributed by atoms with E-state index in [0.717, 1.165) is 36.9 Å². The van der Waals surface area contributed by atoms with Crippen molar-refractivity contribution in [3.63, 3.8) is 0 Å². The van der Waals surface area contributed by atoms with Crippen LogP contribution in [0.4, 0.5) is 0 Å². The summed E-state index contributed by atoms with van der Waals surface area (Å²) in [6, 6.07) is 8.40. The van der Waals surface area contributed by atoms with Gasteiger partial charge in [-0.1, -0.05) is 28.1 Å². The van der Waals surface area contributed by atoms with Crippen molar-refractivity contribution in [1.82, 2.24) is 10.6 Å². The van der Waals surface area contributed by atoms with Crippen molar-refractivity contribution in [2.24, 2.45) is 5.41 Å². The van der Waals surface area contributed by atoms with Gasteiger partial charge in [0.05, 0.1) is 5.41 Å². The molecule has 2 aliphatic rings. The number of halogens is 1. The lowest BCUT2D eigenvalue weighted by Gasteiger charge is -2.36. The van der Waals surface area contributed by atoms with Gasteiger partial charge in [0.15, 0.2) is 0 Å². The third-order valence-electron chi connectivity index (χ3n) is 4.35. The Hall–Kier alpha value is -0.870. The fourth-order valence-electron chi connectivity index (χ4n) is 3.30. The van der Waals surface area contributed by atoms with Crippen LogP contribution in [-0.2, 0) is 4.79 Å². The highest BCUT2D eigenvalue weighted by atomic mass is 79.9.